The molecule has 2 heteroatoms. The summed E-state index contributed by atoms with van der Waals surface area (Å²) in [6.07, 6.45) is 7.32. The van der Waals surface area contributed by atoms with E-state index in [-0.39, 0.29) is 6.10 Å². The van der Waals surface area contributed by atoms with Crippen molar-refractivity contribution in [1.29, 1.82) is 0 Å². The van der Waals surface area contributed by atoms with E-state index in [1.165, 1.54) is 12.0 Å². The second kappa shape index (κ2) is 3.48. The van der Waals surface area contributed by atoms with E-state index in [0.717, 1.165) is 32.3 Å². The fourth-order valence-electron chi connectivity index (χ4n) is 2.23. The topological polar surface area (TPSA) is 29.5 Å². The van der Waals surface area contributed by atoms with Crippen LogP contribution in [-0.2, 0) is 4.74 Å². The SMILES string of the molecule is OC1CCCC1C1=COCCC1. The molecule has 1 fully saturated rings. The van der Waals surface area contributed by atoms with Gasteiger partial charge in [0.05, 0.1) is 19.0 Å². The van der Waals surface area contributed by atoms with Crippen LogP contribution in [0.5, 0.6) is 0 Å². The molecule has 2 atom stereocenters. The van der Waals surface area contributed by atoms with Crippen molar-refractivity contribution in [1.82, 2.24) is 0 Å². The predicted octanol–water partition coefficient (Wildman–Crippen LogP) is 1.84. The number of hydrogen-bond acceptors (Lipinski definition) is 2. The van der Waals surface area contributed by atoms with E-state index < -0.39 is 0 Å². The first-order chi connectivity index (χ1) is 5.88. The lowest BCUT2D eigenvalue weighted by Gasteiger charge is -2.21. The summed E-state index contributed by atoms with van der Waals surface area (Å²) in [5, 5.41) is 9.64. The zero-order valence-corrected chi connectivity index (χ0v) is 7.33. The Bertz CT molecular complexity index is 186. The van der Waals surface area contributed by atoms with Gasteiger partial charge in [0.15, 0.2) is 0 Å². The molecule has 2 rings (SSSR count). The largest absolute Gasteiger partial charge is 0.501 e. The van der Waals surface area contributed by atoms with Gasteiger partial charge < -0.3 is 9.84 Å². The molecule has 0 radical (unpaired) electrons. The van der Waals surface area contributed by atoms with Crippen molar-refractivity contribution in [2.45, 2.75) is 38.2 Å². The van der Waals surface area contributed by atoms with E-state index >= 15 is 0 Å². The fourth-order valence-corrected chi connectivity index (χ4v) is 2.23. The van der Waals surface area contributed by atoms with Crippen LogP contribution in [-0.4, -0.2) is 17.8 Å². The number of ether oxygens (including phenoxy) is 1. The first kappa shape index (κ1) is 8.11. The van der Waals surface area contributed by atoms with Crippen LogP contribution in [0.3, 0.4) is 0 Å². The molecule has 0 amide bonds. The van der Waals surface area contributed by atoms with Gasteiger partial charge in [-0.2, -0.15) is 0 Å². The highest BCUT2D eigenvalue weighted by Crippen LogP contribution is 2.34. The summed E-state index contributed by atoms with van der Waals surface area (Å²) >= 11 is 0. The molecule has 2 unspecified atom stereocenters. The Morgan fingerprint density at radius 3 is 2.83 bits per heavy atom. The van der Waals surface area contributed by atoms with Crippen molar-refractivity contribution in [3.8, 4) is 0 Å². The summed E-state index contributed by atoms with van der Waals surface area (Å²) in [7, 11) is 0. The van der Waals surface area contributed by atoms with Crippen LogP contribution in [0.15, 0.2) is 11.8 Å². The van der Waals surface area contributed by atoms with Crippen LogP contribution in [0.2, 0.25) is 0 Å². The van der Waals surface area contributed by atoms with Gasteiger partial charge >= 0.3 is 0 Å². The summed E-state index contributed by atoms with van der Waals surface area (Å²) in [4.78, 5) is 0. The highest BCUT2D eigenvalue weighted by atomic mass is 16.5. The molecule has 0 aromatic carbocycles. The van der Waals surface area contributed by atoms with Crippen molar-refractivity contribution in [2.24, 2.45) is 5.92 Å². The second-order valence-corrected chi connectivity index (χ2v) is 3.77. The molecular weight excluding hydrogens is 152 g/mol. The quantitative estimate of drug-likeness (QED) is 0.647. The molecule has 1 N–H and O–H groups in total. The van der Waals surface area contributed by atoms with Crippen molar-refractivity contribution in [2.75, 3.05) is 6.61 Å². The van der Waals surface area contributed by atoms with Crippen molar-refractivity contribution >= 4 is 0 Å². The molecule has 0 bridgehead atoms. The van der Waals surface area contributed by atoms with Gasteiger partial charge in [-0.25, -0.2) is 0 Å². The van der Waals surface area contributed by atoms with E-state index in [4.69, 9.17) is 4.74 Å². The Hall–Kier alpha value is -0.500. The van der Waals surface area contributed by atoms with Gasteiger partial charge in [-0.1, -0.05) is 6.42 Å². The van der Waals surface area contributed by atoms with Crippen LogP contribution in [0, 0.1) is 5.92 Å². The average Bonchev–Trinajstić information content (AvgIpc) is 2.53. The summed E-state index contributed by atoms with van der Waals surface area (Å²) in [5.41, 5.74) is 1.34. The summed E-state index contributed by atoms with van der Waals surface area (Å²) in [5.74, 6) is 0.408. The normalized spacial score (nSPS) is 35.9. The summed E-state index contributed by atoms with van der Waals surface area (Å²) in [6, 6.07) is 0. The lowest BCUT2D eigenvalue weighted by molar-refractivity contribution is 0.136. The van der Waals surface area contributed by atoms with Crippen LogP contribution >= 0.6 is 0 Å². The maximum absolute atomic E-state index is 9.64. The summed E-state index contributed by atoms with van der Waals surface area (Å²) in [6.45, 7) is 0.853. The molecule has 0 saturated heterocycles. The van der Waals surface area contributed by atoms with Gasteiger partial charge in [0.25, 0.3) is 0 Å². The Labute approximate surface area is 73.2 Å². The van der Waals surface area contributed by atoms with Crippen LogP contribution in [0.4, 0.5) is 0 Å². The smallest absolute Gasteiger partial charge is 0.0876 e. The lowest BCUT2D eigenvalue weighted by atomic mass is 9.92. The van der Waals surface area contributed by atoms with Crippen molar-refractivity contribution in [3.63, 3.8) is 0 Å². The molecule has 1 aliphatic carbocycles. The van der Waals surface area contributed by atoms with E-state index in [0.29, 0.717) is 5.92 Å². The Balaban J connectivity index is 2.02. The van der Waals surface area contributed by atoms with Crippen LogP contribution < -0.4 is 0 Å². The minimum Gasteiger partial charge on any atom is -0.501 e. The van der Waals surface area contributed by atoms with Crippen LogP contribution in [0.1, 0.15) is 32.1 Å². The standard InChI is InChI=1S/C10H16O2/c11-10-5-1-4-9(10)8-3-2-6-12-7-8/h7,9-11H,1-6H2. The molecule has 12 heavy (non-hydrogen) atoms. The van der Waals surface area contributed by atoms with Gasteiger partial charge in [-0.3, -0.25) is 0 Å². The minimum atomic E-state index is -0.0991. The van der Waals surface area contributed by atoms with Gasteiger partial charge in [0.2, 0.25) is 0 Å². The van der Waals surface area contributed by atoms with Gasteiger partial charge in [-0.05, 0) is 31.3 Å². The lowest BCUT2D eigenvalue weighted by Crippen LogP contribution is -2.17. The number of rotatable bonds is 1. The number of hydrogen-bond donors (Lipinski definition) is 1. The highest BCUT2D eigenvalue weighted by molar-refractivity contribution is 5.09. The summed E-state index contributed by atoms with van der Waals surface area (Å²) < 4.78 is 5.27. The van der Waals surface area contributed by atoms with Gasteiger partial charge in [-0.15, -0.1) is 0 Å². The third kappa shape index (κ3) is 1.48. The Morgan fingerprint density at radius 1 is 1.33 bits per heavy atom. The molecule has 0 aromatic heterocycles. The number of aliphatic hydroxyl groups excluding tert-OH is 1. The Morgan fingerprint density at radius 2 is 2.25 bits per heavy atom. The van der Waals surface area contributed by atoms with Gasteiger partial charge in [0, 0.05) is 5.92 Å². The molecule has 1 aliphatic heterocycles. The first-order valence-corrected chi connectivity index (χ1v) is 4.86. The van der Waals surface area contributed by atoms with E-state index in [9.17, 15) is 5.11 Å². The average molecular weight is 168 g/mol. The van der Waals surface area contributed by atoms with Crippen molar-refractivity contribution < 1.29 is 9.84 Å². The molecular formula is C10H16O2. The molecule has 1 heterocycles. The van der Waals surface area contributed by atoms with Crippen LogP contribution in [0.25, 0.3) is 0 Å². The minimum absolute atomic E-state index is 0.0991. The number of aliphatic hydroxyl groups is 1. The fraction of sp³-hybridized carbons (Fsp3) is 0.800. The maximum atomic E-state index is 9.64. The molecule has 2 aliphatic rings. The van der Waals surface area contributed by atoms with E-state index in [1.54, 1.807) is 0 Å². The molecule has 0 aromatic rings. The predicted molar refractivity (Wildman–Crippen MR) is 46.6 cm³/mol. The molecule has 1 saturated carbocycles. The third-order valence-electron chi connectivity index (χ3n) is 2.92. The molecule has 0 spiro atoms. The molecule has 2 nitrogen and oxygen atoms in total. The van der Waals surface area contributed by atoms with E-state index in [1.807, 2.05) is 6.26 Å². The van der Waals surface area contributed by atoms with Crippen molar-refractivity contribution in [3.05, 3.63) is 11.8 Å². The first-order valence-electron chi connectivity index (χ1n) is 4.86. The van der Waals surface area contributed by atoms with E-state index in [2.05, 4.69) is 0 Å². The maximum Gasteiger partial charge on any atom is 0.0876 e. The third-order valence-corrected chi connectivity index (χ3v) is 2.92. The Kier molecular flexibility index (Phi) is 2.35. The zero-order chi connectivity index (χ0) is 8.39. The van der Waals surface area contributed by atoms with Gasteiger partial charge in [0.1, 0.15) is 0 Å². The second-order valence-electron chi connectivity index (χ2n) is 3.77. The molecule has 68 valence electrons. The highest BCUT2D eigenvalue weighted by Gasteiger charge is 2.29. The monoisotopic (exact) mass is 168 g/mol. The zero-order valence-electron chi connectivity index (χ0n) is 7.33.